The van der Waals surface area contributed by atoms with Crippen LogP contribution in [-0.2, 0) is 4.79 Å². The van der Waals surface area contributed by atoms with Gasteiger partial charge in [0.05, 0.1) is 31.6 Å². The Bertz CT molecular complexity index is 725. The highest BCUT2D eigenvalue weighted by Crippen LogP contribution is 2.22. The van der Waals surface area contributed by atoms with E-state index in [4.69, 9.17) is 9.15 Å². The second-order valence-electron chi connectivity index (χ2n) is 4.28. The van der Waals surface area contributed by atoms with E-state index in [0.717, 1.165) is 0 Å². The summed E-state index contributed by atoms with van der Waals surface area (Å²) in [7, 11) is 1.54. The maximum atomic E-state index is 11.7. The molecule has 1 aromatic heterocycles. The molecule has 120 valence electrons. The molecule has 0 atom stereocenters. The summed E-state index contributed by atoms with van der Waals surface area (Å²) in [6, 6.07) is 9.74. The number of para-hydroxylation sites is 2. The molecule has 0 saturated heterocycles. The largest absolute Gasteiger partial charge is 0.495 e. The van der Waals surface area contributed by atoms with Crippen LogP contribution in [0.15, 0.2) is 45.9 Å². The molecule has 9 heteroatoms. The molecule has 0 aliphatic heterocycles. The summed E-state index contributed by atoms with van der Waals surface area (Å²) < 4.78 is 10.0. The Kier molecular flexibility index (Phi) is 5.29. The smallest absolute Gasteiger partial charge is 0.433 e. The van der Waals surface area contributed by atoms with E-state index >= 15 is 0 Å². The number of hydrazone groups is 1. The van der Waals surface area contributed by atoms with Crippen LogP contribution < -0.4 is 15.5 Å². The Labute approximate surface area is 131 Å². The molecule has 0 spiro atoms. The van der Waals surface area contributed by atoms with Crippen molar-refractivity contribution in [3.63, 3.8) is 0 Å². The van der Waals surface area contributed by atoms with Crippen LogP contribution in [0.25, 0.3) is 0 Å². The van der Waals surface area contributed by atoms with E-state index in [1.165, 1.54) is 25.5 Å². The van der Waals surface area contributed by atoms with Crippen LogP contribution in [0.5, 0.6) is 5.75 Å². The SMILES string of the molecule is COc1ccccc1NCC(=O)NN=Cc1ccc([N+](=O)[O-])o1. The van der Waals surface area contributed by atoms with Gasteiger partial charge in [-0.1, -0.05) is 12.1 Å². The monoisotopic (exact) mass is 318 g/mol. The molecule has 1 heterocycles. The predicted octanol–water partition coefficient (Wildman–Crippen LogP) is 1.76. The van der Waals surface area contributed by atoms with E-state index in [2.05, 4.69) is 15.8 Å². The van der Waals surface area contributed by atoms with Crippen molar-refractivity contribution in [2.24, 2.45) is 5.10 Å². The summed E-state index contributed by atoms with van der Waals surface area (Å²) >= 11 is 0. The van der Waals surface area contributed by atoms with Crippen molar-refractivity contribution in [1.82, 2.24) is 5.43 Å². The number of rotatable bonds is 7. The van der Waals surface area contributed by atoms with Gasteiger partial charge in [0.25, 0.3) is 5.91 Å². The molecular weight excluding hydrogens is 304 g/mol. The minimum absolute atomic E-state index is 0.0178. The predicted molar refractivity (Wildman–Crippen MR) is 82.6 cm³/mol. The molecule has 1 aromatic carbocycles. The molecule has 0 bridgehead atoms. The molecule has 2 aromatic rings. The molecule has 0 aliphatic carbocycles. The van der Waals surface area contributed by atoms with Crippen molar-refractivity contribution < 1.29 is 18.9 Å². The summed E-state index contributed by atoms with van der Waals surface area (Å²) in [5.41, 5.74) is 2.95. The maximum Gasteiger partial charge on any atom is 0.433 e. The van der Waals surface area contributed by atoms with Crippen LogP contribution in [0, 0.1) is 10.1 Å². The zero-order valence-electron chi connectivity index (χ0n) is 12.2. The van der Waals surface area contributed by atoms with Gasteiger partial charge in [-0.15, -0.1) is 0 Å². The number of carbonyl (C=O) groups excluding carboxylic acids is 1. The molecule has 9 nitrogen and oxygen atoms in total. The van der Waals surface area contributed by atoms with E-state index in [1.54, 1.807) is 12.1 Å². The number of hydrogen-bond acceptors (Lipinski definition) is 7. The van der Waals surface area contributed by atoms with E-state index < -0.39 is 16.7 Å². The highest BCUT2D eigenvalue weighted by Gasteiger charge is 2.10. The second kappa shape index (κ2) is 7.59. The number of nitrogens with zero attached hydrogens (tertiary/aromatic N) is 2. The Morgan fingerprint density at radius 3 is 2.87 bits per heavy atom. The third kappa shape index (κ3) is 4.56. The van der Waals surface area contributed by atoms with Gasteiger partial charge in [-0.2, -0.15) is 5.10 Å². The van der Waals surface area contributed by atoms with Crippen LogP contribution >= 0.6 is 0 Å². The van der Waals surface area contributed by atoms with Crippen LogP contribution in [0.1, 0.15) is 5.76 Å². The molecule has 23 heavy (non-hydrogen) atoms. The lowest BCUT2D eigenvalue weighted by molar-refractivity contribution is -0.402. The molecule has 0 fully saturated rings. The van der Waals surface area contributed by atoms with Gasteiger partial charge in [0.1, 0.15) is 10.7 Å². The average Bonchev–Trinajstić information content (AvgIpc) is 3.02. The number of anilines is 1. The van der Waals surface area contributed by atoms with Crippen molar-refractivity contribution in [3.8, 4) is 5.75 Å². The summed E-state index contributed by atoms with van der Waals surface area (Å²) in [4.78, 5) is 21.4. The molecule has 0 unspecified atom stereocenters. The highest BCUT2D eigenvalue weighted by atomic mass is 16.6. The lowest BCUT2D eigenvalue weighted by Crippen LogP contribution is -2.26. The summed E-state index contributed by atoms with van der Waals surface area (Å²) in [6.45, 7) is -0.0178. The molecule has 0 saturated carbocycles. The van der Waals surface area contributed by atoms with Gasteiger partial charge < -0.3 is 14.5 Å². The number of hydrogen-bond donors (Lipinski definition) is 2. The first-order chi connectivity index (χ1) is 11.1. The molecule has 2 N–H and O–H groups in total. The average molecular weight is 318 g/mol. The molecule has 0 radical (unpaired) electrons. The zero-order valence-corrected chi connectivity index (χ0v) is 12.2. The van der Waals surface area contributed by atoms with E-state index in [-0.39, 0.29) is 12.3 Å². The van der Waals surface area contributed by atoms with E-state index in [1.807, 2.05) is 12.1 Å². The van der Waals surface area contributed by atoms with Crippen molar-refractivity contribution in [2.75, 3.05) is 19.0 Å². The number of furan rings is 1. The fraction of sp³-hybridized carbons (Fsp3) is 0.143. The van der Waals surface area contributed by atoms with Gasteiger partial charge in [-0.3, -0.25) is 14.9 Å². The maximum absolute atomic E-state index is 11.7. The molecule has 1 amide bonds. The van der Waals surface area contributed by atoms with Crippen LogP contribution in [0.2, 0.25) is 0 Å². The standard InChI is InChI=1S/C14H14N4O5/c1-22-12-5-3-2-4-11(12)15-9-13(19)17-16-8-10-6-7-14(23-10)18(20)21/h2-8,15H,9H2,1H3,(H,17,19). The van der Waals surface area contributed by atoms with Crippen molar-refractivity contribution >= 4 is 23.7 Å². The fourth-order valence-electron chi connectivity index (χ4n) is 1.68. The first kappa shape index (κ1) is 16.0. The van der Waals surface area contributed by atoms with E-state index in [9.17, 15) is 14.9 Å². The molecule has 2 rings (SSSR count). The minimum Gasteiger partial charge on any atom is -0.495 e. The normalized spacial score (nSPS) is 10.5. The van der Waals surface area contributed by atoms with Crippen LogP contribution in [0.3, 0.4) is 0 Å². The fourth-order valence-corrected chi connectivity index (χ4v) is 1.68. The van der Waals surface area contributed by atoms with Gasteiger partial charge in [-0.25, -0.2) is 5.43 Å². The quantitative estimate of drug-likeness (QED) is 0.456. The Hall–Kier alpha value is -3.36. The molecule has 0 aliphatic rings. The van der Waals surface area contributed by atoms with Crippen molar-refractivity contribution in [3.05, 3.63) is 52.3 Å². The number of ether oxygens (including phenoxy) is 1. The lowest BCUT2D eigenvalue weighted by Gasteiger charge is -2.09. The first-order valence-corrected chi connectivity index (χ1v) is 6.53. The third-order valence-corrected chi connectivity index (χ3v) is 2.72. The van der Waals surface area contributed by atoms with Crippen molar-refractivity contribution in [1.29, 1.82) is 0 Å². The number of methoxy groups -OCH3 is 1. The number of carbonyl (C=O) groups is 1. The highest BCUT2D eigenvalue weighted by molar-refractivity contribution is 5.83. The lowest BCUT2D eigenvalue weighted by atomic mass is 10.3. The van der Waals surface area contributed by atoms with Gasteiger partial charge in [-0.05, 0) is 18.2 Å². The molecular formula is C14H14N4O5. The third-order valence-electron chi connectivity index (χ3n) is 2.72. The second-order valence-corrected chi connectivity index (χ2v) is 4.28. The number of benzene rings is 1. The van der Waals surface area contributed by atoms with Crippen LogP contribution in [0.4, 0.5) is 11.6 Å². The van der Waals surface area contributed by atoms with Gasteiger partial charge in [0.2, 0.25) is 0 Å². The topological polar surface area (TPSA) is 119 Å². The zero-order chi connectivity index (χ0) is 16.7. The van der Waals surface area contributed by atoms with Gasteiger partial charge in [0.15, 0.2) is 5.76 Å². The number of nitrogens with one attached hydrogen (secondary N) is 2. The van der Waals surface area contributed by atoms with Crippen molar-refractivity contribution in [2.45, 2.75) is 0 Å². The van der Waals surface area contributed by atoms with E-state index in [0.29, 0.717) is 11.4 Å². The Morgan fingerprint density at radius 1 is 1.39 bits per heavy atom. The Morgan fingerprint density at radius 2 is 2.17 bits per heavy atom. The van der Waals surface area contributed by atoms with Gasteiger partial charge in [0, 0.05) is 0 Å². The number of amides is 1. The summed E-state index contributed by atoms with van der Waals surface area (Å²) in [5.74, 6) is -0.00906. The van der Waals surface area contributed by atoms with Gasteiger partial charge >= 0.3 is 5.88 Å². The first-order valence-electron chi connectivity index (χ1n) is 6.53. The Balaban J connectivity index is 1.82. The van der Waals surface area contributed by atoms with Crippen LogP contribution in [-0.4, -0.2) is 30.7 Å². The summed E-state index contributed by atoms with van der Waals surface area (Å²) in [6.07, 6.45) is 1.17. The minimum atomic E-state index is -0.660. The number of nitro groups is 1. The summed E-state index contributed by atoms with van der Waals surface area (Å²) in [5, 5.41) is 17.0.